The molecule has 0 bridgehead atoms. The molecule has 0 radical (unpaired) electrons. The van der Waals surface area contributed by atoms with E-state index in [-0.39, 0.29) is 11.4 Å². The van der Waals surface area contributed by atoms with Crippen molar-refractivity contribution >= 4 is 5.91 Å². The third-order valence-corrected chi connectivity index (χ3v) is 3.88. The van der Waals surface area contributed by atoms with Gasteiger partial charge in [0.25, 0.3) is 0 Å². The van der Waals surface area contributed by atoms with Crippen LogP contribution in [0.1, 0.15) is 53.4 Å². The van der Waals surface area contributed by atoms with Crippen molar-refractivity contribution in [1.82, 2.24) is 10.6 Å². The number of rotatable bonds is 6. The first-order valence-corrected chi connectivity index (χ1v) is 6.94. The third-order valence-electron chi connectivity index (χ3n) is 3.88. The Hall–Kier alpha value is -0.570. The van der Waals surface area contributed by atoms with Crippen molar-refractivity contribution in [3.63, 3.8) is 0 Å². The fourth-order valence-corrected chi connectivity index (χ4v) is 2.41. The molecule has 1 aliphatic carbocycles. The molecule has 0 saturated heterocycles. The largest absolute Gasteiger partial charge is 0.350 e. The number of amides is 1. The molecule has 0 aromatic carbocycles. The zero-order valence-electron chi connectivity index (χ0n) is 11.8. The first-order chi connectivity index (χ1) is 7.93. The van der Waals surface area contributed by atoms with Crippen molar-refractivity contribution in [3.05, 3.63) is 0 Å². The van der Waals surface area contributed by atoms with Crippen LogP contribution in [0.4, 0.5) is 0 Å². The molecule has 0 heterocycles. The highest BCUT2D eigenvalue weighted by atomic mass is 16.2. The van der Waals surface area contributed by atoms with Crippen molar-refractivity contribution in [2.75, 3.05) is 13.1 Å². The van der Waals surface area contributed by atoms with Gasteiger partial charge in [-0.1, -0.05) is 20.3 Å². The van der Waals surface area contributed by atoms with Gasteiger partial charge < -0.3 is 10.6 Å². The van der Waals surface area contributed by atoms with Crippen LogP contribution >= 0.6 is 0 Å². The maximum atomic E-state index is 11.7. The van der Waals surface area contributed by atoms with Crippen LogP contribution in [0, 0.1) is 11.8 Å². The molecule has 3 heteroatoms. The Morgan fingerprint density at radius 3 is 2.59 bits per heavy atom. The lowest BCUT2D eigenvalue weighted by molar-refractivity contribution is -0.121. The van der Waals surface area contributed by atoms with Crippen LogP contribution in [-0.4, -0.2) is 24.5 Å². The number of nitrogens with one attached hydrogen (secondary N) is 2. The molecule has 0 aliphatic heterocycles. The van der Waals surface area contributed by atoms with Crippen molar-refractivity contribution in [2.45, 2.75) is 58.9 Å². The van der Waals surface area contributed by atoms with Gasteiger partial charge in [-0.15, -0.1) is 0 Å². The normalized spacial score (nSPS) is 24.9. The maximum absolute atomic E-state index is 11.7. The van der Waals surface area contributed by atoms with Gasteiger partial charge in [0.2, 0.25) is 5.91 Å². The van der Waals surface area contributed by atoms with E-state index >= 15 is 0 Å². The average Bonchev–Trinajstić information content (AvgIpc) is 2.63. The minimum Gasteiger partial charge on any atom is -0.350 e. The Morgan fingerprint density at radius 2 is 2.06 bits per heavy atom. The number of hydrogen-bond acceptors (Lipinski definition) is 2. The molecule has 1 saturated carbocycles. The molecule has 2 N–H and O–H groups in total. The summed E-state index contributed by atoms with van der Waals surface area (Å²) in [6, 6.07) is 0. The van der Waals surface area contributed by atoms with E-state index in [0.29, 0.717) is 6.54 Å². The van der Waals surface area contributed by atoms with Crippen molar-refractivity contribution in [2.24, 2.45) is 11.8 Å². The minimum absolute atomic E-state index is 0.0827. The van der Waals surface area contributed by atoms with Crippen molar-refractivity contribution in [3.8, 4) is 0 Å². The molecular formula is C14H28N2O. The first kappa shape index (κ1) is 14.5. The SMILES string of the molecule is CCC(C)(C)NC(=O)CNCC1CCC(C)C1. The Morgan fingerprint density at radius 1 is 1.35 bits per heavy atom. The van der Waals surface area contributed by atoms with Gasteiger partial charge in [0.15, 0.2) is 0 Å². The summed E-state index contributed by atoms with van der Waals surface area (Å²) in [5.74, 6) is 1.76. The number of carbonyl (C=O) groups excluding carboxylic acids is 1. The Kier molecular flexibility index (Phi) is 5.44. The molecule has 0 aromatic heterocycles. The van der Waals surface area contributed by atoms with Crippen LogP contribution in [0.5, 0.6) is 0 Å². The highest BCUT2D eigenvalue weighted by molar-refractivity contribution is 5.78. The summed E-state index contributed by atoms with van der Waals surface area (Å²) in [6.07, 6.45) is 4.94. The van der Waals surface area contributed by atoms with Gasteiger partial charge >= 0.3 is 0 Å². The monoisotopic (exact) mass is 240 g/mol. The van der Waals surface area contributed by atoms with E-state index in [0.717, 1.165) is 24.8 Å². The molecule has 1 fully saturated rings. The van der Waals surface area contributed by atoms with Gasteiger partial charge in [-0.25, -0.2) is 0 Å². The Balaban J connectivity index is 2.12. The van der Waals surface area contributed by atoms with Crippen LogP contribution < -0.4 is 10.6 Å². The van der Waals surface area contributed by atoms with E-state index in [4.69, 9.17) is 0 Å². The molecule has 0 spiro atoms. The van der Waals surface area contributed by atoms with Crippen LogP contribution in [0.25, 0.3) is 0 Å². The molecule has 2 atom stereocenters. The summed E-state index contributed by atoms with van der Waals surface area (Å²) in [5.41, 5.74) is -0.0827. The summed E-state index contributed by atoms with van der Waals surface area (Å²) in [7, 11) is 0. The Labute approximate surface area is 106 Å². The summed E-state index contributed by atoms with van der Waals surface area (Å²) in [6.45, 7) is 9.97. The van der Waals surface area contributed by atoms with Crippen LogP contribution in [0.2, 0.25) is 0 Å². The van der Waals surface area contributed by atoms with Crippen LogP contribution in [-0.2, 0) is 4.79 Å². The highest BCUT2D eigenvalue weighted by Crippen LogP contribution is 2.29. The second kappa shape index (κ2) is 6.39. The fourth-order valence-electron chi connectivity index (χ4n) is 2.41. The molecule has 1 rings (SSSR count). The summed E-state index contributed by atoms with van der Waals surface area (Å²) in [4.78, 5) is 11.7. The van der Waals surface area contributed by atoms with E-state index in [2.05, 4.69) is 38.3 Å². The van der Waals surface area contributed by atoms with E-state index in [1.165, 1.54) is 19.3 Å². The topological polar surface area (TPSA) is 41.1 Å². The van der Waals surface area contributed by atoms with E-state index in [9.17, 15) is 4.79 Å². The fraction of sp³-hybridized carbons (Fsp3) is 0.929. The lowest BCUT2D eigenvalue weighted by Gasteiger charge is -2.24. The smallest absolute Gasteiger partial charge is 0.234 e. The standard InChI is InChI=1S/C14H28N2O/c1-5-14(3,4)16-13(17)10-15-9-12-7-6-11(2)8-12/h11-12,15H,5-10H2,1-4H3,(H,16,17). The summed E-state index contributed by atoms with van der Waals surface area (Å²) >= 11 is 0. The lowest BCUT2D eigenvalue weighted by atomic mass is 10.0. The van der Waals surface area contributed by atoms with Gasteiger partial charge in [-0.3, -0.25) is 4.79 Å². The highest BCUT2D eigenvalue weighted by Gasteiger charge is 2.21. The zero-order valence-corrected chi connectivity index (χ0v) is 11.8. The van der Waals surface area contributed by atoms with Crippen molar-refractivity contribution < 1.29 is 4.79 Å². The molecule has 1 aliphatic rings. The first-order valence-electron chi connectivity index (χ1n) is 6.94. The quantitative estimate of drug-likeness (QED) is 0.748. The predicted molar refractivity (Wildman–Crippen MR) is 71.9 cm³/mol. The predicted octanol–water partition coefficient (Wildman–Crippen LogP) is 2.32. The second-order valence-corrected chi connectivity index (χ2v) is 6.20. The molecule has 3 nitrogen and oxygen atoms in total. The molecule has 2 unspecified atom stereocenters. The molecule has 100 valence electrons. The van der Waals surface area contributed by atoms with Gasteiger partial charge in [-0.2, -0.15) is 0 Å². The van der Waals surface area contributed by atoms with Gasteiger partial charge in [0.05, 0.1) is 6.54 Å². The average molecular weight is 240 g/mol. The second-order valence-electron chi connectivity index (χ2n) is 6.20. The third kappa shape index (κ3) is 5.53. The number of hydrogen-bond donors (Lipinski definition) is 2. The van der Waals surface area contributed by atoms with Gasteiger partial charge in [0.1, 0.15) is 0 Å². The summed E-state index contributed by atoms with van der Waals surface area (Å²) in [5, 5.41) is 6.32. The van der Waals surface area contributed by atoms with E-state index in [1.54, 1.807) is 0 Å². The molecule has 0 aromatic rings. The lowest BCUT2D eigenvalue weighted by Crippen LogP contribution is -2.46. The molecule has 1 amide bonds. The van der Waals surface area contributed by atoms with Gasteiger partial charge in [0, 0.05) is 5.54 Å². The van der Waals surface area contributed by atoms with E-state index in [1.807, 2.05) is 0 Å². The zero-order chi connectivity index (χ0) is 12.9. The van der Waals surface area contributed by atoms with Crippen LogP contribution in [0.3, 0.4) is 0 Å². The van der Waals surface area contributed by atoms with E-state index < -0.39 is 0 Å². The Bertz CT molecular complexity index is 251. The minimum atomic E-state index is -0.0827. The molecular weight excluding hydrogens is 212 g/mol. The van der Waals surface area contributed by atoms with Crippen LogP contribution in [0.15, 0.2) is 0 Å². The van der Waals surface area contributed by atoms with Gasteiger partial charge in [-0.05, 0) is 51.5 Å². The maximum Gasteiger partial charge on any atom is 0.234 e. The van der Waals surface area contributed by atoms with Crippen molar-refractivity contribution in [1.29, 1.82) is 0 Å². The molecule has 17 heavy (non-hydrogen) atoms. The number of carbonyl (C=O) groups is 1. The summed E-state index contributed by atoms with van der Waals surface area (Å²) < 4.78 is 0.